The lowest BCUT2D eigenvalue weighted by Gasteiger charge is -2.00. The Morgan fingerprint density at radius 2 is 2.42 bits per heavy atom. The first-order valence-electron chi connectivity index (χ1n) is 5.81. The Kier molecular flexibility index (Phi) is 4.35. The molecular formula is C13H14N2O3S. The number of benzene rings is 1. The van der Waals surface area contributed by atoms with Crippen LogP contribution in [0.3, 0.4) is 0 Å². The third-order valence-corrected chi connectivity index (χ3v) is 3.15. The molecule has 0 unspecified atom stereocenters. The highest BCUT2D eigenvalue weighted by Gasteiger charge is 2.08. The third kappa shape index (κ3) is 3.45. The molecule has 0 bridgehead atoms. The monoisotopic (exact) mass is 278 g/mol. The molecule has 0 saturated heterocycles. The molecule has 0 saturated carbocycles. The second-order valence-corrected chi connectivity index (χ2v) is 4.62. The van der Waals surface area contributed by atoms with Crippen molar-refractivity contribution < 1.29 is 14.3 Å². The van der Waals surface area contributed by atoms with Gasteiger partial charge in [-0.2, -0.15) is 0 Å². The summed E-state index contributed by atoms with van der Waals surface area (Å²) in [4.78, 5) is 15.7. The largest absolute Gasteiger partial charge is 0.494 e. The fourth-order valence-corrected chi connectivity index (χ4v) is 2.35. The zero-order valence-electron chi connectivity index (χ0n) is 10.5. The molecule has 0 fully saturated rings. The Labute approximate surface area is 114 Å². The maximum absolute atomic E-state index is 11.4. The van der Waals surface area contributed by atoms with Crippen molar-refractivity contribution in [2.24, 2.45) is 0 Å². The smallest absolute Gasteiger partial charge is 0.413 e. The molecule has 2 rings (SSSR count). The number of amides is 1. The van der Waals surface area contributed by atoms with E-state index >= 15 is 0 Å². The predicted octanol–water partition coefficient (Wildman–Crippen LogP) is 3.43. The molecule has 0 aliphatic heterocycles. The standard InChI is InChI=1S/C13H14N2O3S/c1-3-7-18-13(16)15-12-14-10-6-5-9(17-4-2)8-11(10)19-12/h3,5-6,8H,1,4,7H2,2H3,(H,14,15,16). The van der Waals surface area contributed by atoms with Crippen LogP contribution in [0.2, 0.25) is 0 Å². The van der Waals surface area contributed by atoms with Crippen LogP contribution >= 0.6 is 11.3 Å². The van der Waals surface area contributed by atoms with E-state index in [2.05, 4.69) is 16.9 Å². The summed E-state index contributed by atoms with van der Waals surface area (Å²) in [5.41, 5.74) is 0.812. The number of hydrogen-bond acceptors (Lipinski definition) is 5. The van der Waals surface area contributed by atoms with Crippen LogP contribution in [0.25, 0.3) is 10.2 Å². The van der Waals surface area contributed by atoms with E-state index in [1.807, 2.05) is 25.1 Å². The number of fused-ring (bicyclic) bond motifs is 1. The van der Waals surface area contributed by atoms with Gasteiger partial charge in [-0.15, -0.1) is 0 Å². The maximum Gasteiger partial charge on any atom is 0.413 e. The van der Waals surface area contributed by atoms with Crippen LogP contribution in [0.1, 0.15) is 6.92 Å². The van der Waals surface area contributed by atoms with Crippen molar-refractivity contribution >= 4 is 32.8 Å². The summed E-state index contributed by atoms with van der Waals surface area (Å²) in [6.45, 7) is 6.19. The lowest BCUT2D eigenvalue weighted by Crippen LogP contribution is -2.13. The Morgan fingerprint density at radius 1 is 1.58 bits per heavy atom. The zero-order valence-corrected chi connectivity index (χ0v) is 11.3. The van der Waals surface area contributed by atoms with Gasteiger partial charge in [0.25, 0.3) is 0 Å². The van der Waals surface area contributed by atoms with Crippen molar-refractivity contribution in [1.82, 2.24) is 4.98 Å². The van der Waals surface area contributed by atoms with Gasteiger partial charge >= 0.3 is 6.09 Å². The second kappa shape index (κ2) is 6.19. The van der Waals surface area contributed by atoms with Gasteiger partial charge in [0, 0.05) is 0 Å². The van der Waals surface area contributed by atoms with E-state index in [1.54, 1.807) is 0 Å². The molecule has 1 heterocycles. The number of carbonyl (C=O) groups excluding carboxylic acids is 1. The van der Waals surface area contributed by atoms with Crippen molar-refractivity contribution in [3.05, 3.63) is 30.9 Å². The van der Waals surface area contributed by atoms with Crippen LogP contribution in [-0.4, -0.2) is 24.3 Å². The molecule has 1 N–H and O–H groups in total. The fraction of sp³-hybridized carbons (Fsp3) is 0.231. The van der Waals surface area contributed by atoms with Crippen LogP contribution in [-0.2, 0) is 4.74 Å². The average Bonchev–Trinajstić information content (AvgIpc) is 2.78. The third-order valence-electron chi connectivity index (χ3n) is 2.21. The first-order chi connectivity index (χ1) is 9.22. The van der Waals surface area contributed by atoms with Gasteiger partial charge in [0.05, 0.1) is 16.8 Å². The van der Waals surface area contributed by atoms with E-state index in [-0.39, 0.29) is 6.61 Å². The van der Waals surface area contributed by atoms with Crippen LogP contribution < -0.4 is 10.1 Å². The number of hydrogen-bond donors (Lipinski definition) is 1. The molecule has 1 amide bonds. The van der Waals surface area contributed by atoms with Gasteiger partial charge in [-0.05, 0) is 25.1 Å². The molecule has 0 aliphatic carbocycles. The molecule has 1 aromatic heterocycles. The molecular weight excluding hydrogens is 264 g/mol. The summed E-state index contributed by atoms with van der Waals surface area (Å²) in [7, 11) is 0. The van der Waals surface area contributed by atoms with E-state index in [4.69, 9.17) is 9.47 Å². The normalized spacial score (nSPS) is 10.2. The summed E-state index contributed by atoms with van der Waals surface area (Å²) in [6, 6.07) is 5.61. The first kappa shape index (κ1) is 13.4. The quantitative estimate of drug-likeness (QED) is 0.851. The highest BCUT2D eigenvalue weighted by atomic mass is 32.1. The number of nitrogens with one attached hydrogen (secondary N) is 1. The molecule has 0 aliphatic rings. The highest BCUT2D eigenvalue weighted by molar-refractivity contribution is 7.22. The lowest BCUT2D eigenvalue weighted by molar-refractivity contribution is 0.174. The van der Waals surface area contributed by atoms with Crippen molar-refractivity contribution in [2.45, 2.75) is 6.92 Å². The minimum atomic E-state index is -0.538. The Hall–Kier alpha value is -2.08. The number of rotatable bonds is 5. The van der Waals surface area contributed by atoms with E-state index in [0.717, 1.165) is 16.0 Å². The Balaban J connectivity index is 2.12. The van der Waals surface area contributed by atoms with Crippen LogP contribution in [0, 0.1) is 0 Å². The van der Waals surface area contributed by atoms with Gasteiger partial charge < -0.3 is 9.47 Å². The zero-order chi connectivity index (χ0) is 13.7. The lowest BCUT2D eigenvalue weighted by atomic mass is 10.3. The van der Waals surface area contributed by atoms with Crippen molar-refractivity contribution in [1.29, 1.82) is 0 Å². The SMILES string of the molecule is C=CCOC(=O)Nc1nc2ccc(OCC)cc2s1. The van der Waals surface area contributed by atoms with E-state index in [9.17, 15) is 4.79 Å². The Morgan fingerprint density at radius 3 is 3.16 bits per heavy atom. The van der Waals surface area contributed by atoms with Crippen LogP contribution in [0.5, 0.6) is 5.75 Å². The maximum atomic E-state index is 11.4. The topological polar surface area (TPSA) is 60.5 Å². The fourth-order valence-electron chi connectivity index (χ4n) is 1.47. The number of carbonyl (C=O) groups is 1. The second-order valence-electron chi connectivity index (χ2n) is 3.59. The van der Waals surface area contributed by atoms with Gasteiger partial charge in [-0.25, -0.2) is 9.78 Å². The molecule has 0 atom stereocenters. The van der Waals surface area contributed by atoms with Gasteiger partial charge in [0.1, 0.15) is 12.4 Å². The average molecular weight is 278 g/mol. The predicted molar refractivity (Wildman–Crippen MR) is 76.0 cm³/mol. The number of aromatic nitrogens is 1. The van der Waals surface area contributed by atoms with Gasteiger partial charge in [0.2, 0.25) is 0 Å². The van der Waals surface area contributed by atoms with Crippen LogP contribution in [0.4, 0.5) is 9.93 Å². The van der Waals surface area contributed by atoms with Crippen molar-refractivity contribution in [3.8, 4) is 5.75 Å². The van der Waals surface area contributed by atoms with Crippen molar-refractivity contribution in [3.63, 3.8) is 0 Å². The minimum Gasteiger partial charge on any atom is -0.494 e. The van der Waals surface area contributed by atoms with Crippen molar-refractivity contribution in [2.75, 3.05) is 18.5 Å². The number of nitrogens with zero attached hydrogens (tertiary/aromatic N) is 1. The van der Waals surface area contributed by atoms with Crippen LogP contribution in [0.15, 0.2) is 30.9 Å². The molecule has 6 heteroatoms. The van der Waals surface area contributed by atoms with E-state index < -0.39 is 6.09 Å². The summed E-state index contributed by atoms with van der Waals surface area (Å²) in [5.74, 6) is 0.791. The van der Waals surface area contributed by atoms with E-state index in [1.165, 1.54) is 17.4 Å². The number of anilines is 1. The summed E-state index contributed by atoms with van der Waals surface area (Å²) in [5, 5.41) is 3.07. The number of thiazole rings is 1. The van der Waals surface area contributed by atoms with E-state index in [0.29, 0.717) is 11.7 Å². The summed E-state index contributed by atoms with van der Waals surface area (Å²) in [6.07, 6.45) is 0.968. The molecule has 2 aromatic rings. The highest BCUT2D eigenvalue weighted by Crippen LogP contribution is 2.29. The summed E-state index contributed by atoms with van der Waals surface area (Å²) >= 11 is 1.37. The first-order valence-corrected chi connectivity index (χ1v) is 6.62. The molecule has 0 spiro atoms. The Bertz CT molecular complexity index is 595. The van der Waals surface area contributed by atoms with Gasteiger partial charge in [-0.3, -0.25) is 5.32 Å². The molecule has 0 radical (unpaired) electrons. The molecule has 100 valence electrons. The molecule has 19 heavy (non-hydrogen) atoms. The number of ether oxygens (including phenoxy) is 2. The van der Waals surface area contributed by atoms with Gasteiger partial charge in [-0.1, -0.05) is 24.0 Å². The molecule has 1 aromatic carbocycles. The summed E-state index contributed by atoms with van der Waals surface area (Å²) < 4.78 is 11.2. The van der Waals surface area contributed by atoms with Gasteiger partial charge in [0.15, 0.2) is 5.13 Å². The minimum absolute atomic E-state index is 0.172. The molecule has 5 nitrogen and oxygen atoms in total.